The van der Waals surface area contributed by atoms with Gasteiger partial charge >= 0.3 is 5.97 Å². The second kappa shape index (κ2) is 9.38. The Bertz CT molecular complexity index is 1170. The van der Waals surface area contributed by atoms with Crippen LogP contribution in [0.3, 0.4) is 0 Å². The lowest BCUT2D eigenvalue weighted by atomic mass is 10.2. The van der Waals surface area contributed by atoms with Gasteiger partial charge < -0.3 is 14.8 Å². The number of amides is 1. The number of nitrogens with one attached hydrogen (secondary N) is 1. The molecule has 0 bridgehead atoms. The first-order chi connectivity index (χ1) is 14.3. The highest BCUT2D eigenvalue weighted by molar-refractivity contribution is 7.20. The number of hydrogen-bond donors (Lipinski definition) is 1. The average molecular weight is 450 g/mol. The lowest BCUT2D eigenvalue weighted by Gasteiger charge is -2.08. The number of rotatable bonds is 7. The minimum atomic E-state index is -0.535. The molecule has 3 rings (SSSR count). The predicted molar refractivity (Wildman–Crippen MR) is 116 cm³/mol. The van der Waals surface area contributed by atoms with Gasteiger partial charge in [0.05, 0.1) is 18.3 Å². The first-order valence-electron chi connectivity index (χ1n) is 9.02. The van der Waals surface area contributed by atoms with E-state index in [1.807, 2.05) is 6.92 Å². The van der Waals surface area contributed by atoms with Crippen molar-refractivity contribution in [2.75, 3.05) is 25.6 Å². The molecule has 2 heterocycles. The van der Waals surface area contributed by atoms with E-state index in [-0.39, 0.29) is 19.8 Å². The molecule has 0 fully saturated rings. The first kappa shape index (κ1) is 21.9. The summed E-state index contributed by atoms with van der Waals surface area (Å²) in [6.07, 6.45) is 1.29. The number of nitrogens with zero attached hydrogens (tertiary/aromatic N) is 2. The summed E-state index contributed by atoms with van der Waals surface area (Å²) < 4.78 is 11.2. The van der Waals surface area contributed by atoms with Gasteiger partial charge in [0.2, 0.25) is 5.91 Å². The molecule has 0 spiro atoms. The van der Waals surface area contributed by atoms with Crippen molar-refractivity contribution in [3.63, 3.8) is 0 Å². The number of hydrogen-bond acceptors (Lipinski definition) is 7. The molecule has 8 nitrogen and oxygen atoms in total. The molecule has 0 atom stereocenters. The van der Waals surface area contributed by atoms with Crippen LogP contribution >= 0.6 is 22.9 Å². The summed E-state index contributed by atoms with van der Waals surface area (Å²) in [5.41, 5.74) is 1.51. The Hall–Kier alpha value is -2.75. The van der Waals surface area contributed by atoms with Crippen LogP contribution in [0, 0.1) is 13.8 Å². The van der Waals surface area contributed by atoms with Crippen LogP contribution in [0.5, 0.6) is 0 Å². The monoisotopic (exact) mass is 449 g/mol. The molecule has 0 unspecified atom stereocenters. The highest BCUT2D eigenvalue weighted by Crippen LogP contribution is 2.27. The molecular weight excluding hydrogens is 430 g/mol. The second-order valence-electron chi connectivity index (χ2n) is 6.55. The summed E-state index contributed by atoms with van der Waals surface area (Å²) in [6, 6.07) is 5.16. The third-order valence-corrected chi connectivity index (χ3v) is 5.98. The molecule has 1 N–H and O–H groups in total. The minimum absolute atomic E-state index is 0.115. The number of aryl methyl sites for hydroxylation is 2. The summed E-state index contributed by atoms with van der Waals surface area (Å²) in [7, 11) is 1.51. The SMILES string of the molecule is COCCOC(=O)c1sc2ncn(CC(=O)Nc3ccc(C)c(Cl)c3)c(=O)c2c1C. The standard InChI is InChI=1S/C20H20ClN3O5S/c1-11-4-5-13(8-14(11)21)23-15(25)9-24-10-22-18-16(19(24)26)12(2)17(30-18)20(27)29-7-6-28-3/h4-5,8,10H,6-7,9H2,1-3H3,(H,23,25). The van der Waals surface area contributed by atoms with Gasteiger partial charge in [-0.3, -0.25) is 14.2 Å². The Morgan fingerprint density at radius 3 is 2.73 bits per heavy atom. The van der Waals surface area contributed by atoms with Gasteiger partial charge in [-0.05, 0) is 37.1 Å². The van der Waals surface area contributed by atoms with Crippen molar-refractivity contribution in [2.45, 2.75) is 20.4 Å². The maximum absolute atomic E-state index is 12.9. The Labute approximate surface area is 181 Å². The van der Waals surface area contributed by atoms with Crippen LogP contribution in [0.15, 0.2) is 29.3 Å². The van der Waals surface area contributed by atoms with Gasteiger partial charge in [0.25, 0.3) is 5.56 Å². The molecule has 0 aliphatic carbocycles. The van der Waals surface area contributed by atoms with E-state index in [4.69, 9.17) is 21.1 Å². The Balaban J connectivity index is 1.81. The lowest BCUT2D eigenvalue weighted by molar-refractivity contribution is -0.116. The number of halogens is 1. The van der Waals surface area contributed by atoms with Crippen molar-refractivity contribution in [1.29, 1.82) is 0 Å². The third-order valence-electron chi connectivity index (χ3n) is 4.39. The Kier molecular flexibility index (Phi) is 6.86. The first-order valence-corrected chi connectivity index (χ1v) is 10.2. The quantitative estimate of drug-likeness (QED) is 0.439. The molecule has 0 saturated carbocycles. The van der Waals surface area contributed by atoms with Crippen LogP contribution < -0.4 is 10.9 Å². The molecule has 2 aromatic heterocycles. The fourth-order valence-electron chi connectivity index (χ4n) is 2.78. The van der Waals surface area contributed by atoms with E-state index < -0.39 is 17.4 Å². The highest BCUT2D eigenvalue weighted by atomic mass is 35.5. The number of carbonyl (C=O) groups is 2. The fraction of sp³-hybridized carbons (Fsp3) is 0.300. The largest absolute Gasteiger partial charge is 0.459 e. The van der Waals surface area contributed by atoms with Crippen molar-refractivity contribution in [3.05, 3.63) is 55.9 Å². The van der Waals surface area contributed by atoms with Crippen LogP contribution in [-0.2, 0) is 20.8 Å². The Morgan fingerprint density at radius 2 is 2.03 bits per heavy atom. The number of benzene rings is 1. The summed E-state index contributed by atoms with van der Waals surface area (Å²) in [6.45, 7) is 3.69. The van der Waals surface area contributed by atoms with Gasteiger partial charge in [0.15, 0.2) is 0 Å². The predicted octanol–water partition coefficient (Wildman–Crippen LogP) is 3.17. The zero-order chi connectivity index (χ0) is 21.8. The number of carbonyl (C=O) groups excluding carboxylic acids is 2. The van der Waals surface area contributed by atoms with Crippen molar-refractivity contribution in [3.8, 4) is 0 Å². The average Bonchev–Trinajstić information content (AvgIpc) is 3.04. The number of thiophene rings is 1. The molecule has 158 valence electrons. The molecule has 0 radical (unpaired) electrons. The van der Waals surface area contributed by atoms with Gasteiger partial charge in [-0.25, -0.2) is 9.78 Å². The van der Waals surface area contributed by atoms with Crippen LogP contribution in [0.4, 0.5) is 5.69 Å². The van der Waals surface area contributed by atoms with Gasteiger partial charge in [0.1, 0.15) is 22.9 Å². The fourth-order valence-corrected chi connectivity index (χ4v) is 3.99. The summed E-state index contributed by atoms with van der Waals surface area (Å²) in [5.74, 6) is -0.933. The van der Waals surface area contributed by atoms with Crippen molar-refractivity contribution < 1.29 is 19.1 Å². The third kappa shape index (κ3) is 4.69. The molecule has 1 aromatic carbocycles. The van der Waals surface area contributed by atoms with Crippen molar-refractivity contribution in [1.82, 2.24) is 9.55 Å². The van der Waals surface area contributed by atoms with E-state index in [2.05, 4.69) is 10.3 Å². The summed E-state index contributed by atoms with van der Waals surface area (Å²) in [5, 5.41) is 3.54. The number of aromatic nitrogens is 2. The van der Waals surface area contributed by atoms with Crippen LogP contribution in [0.1, 0.15) is 20.8 Å². The normalized spacial score (nSPS) is 10.9. The maximum Gasteiger partial charge on any atom is 0.348 e. The van der Waals surface area contributed by atoms with Crippen molar-refractivity contribution in [2.24, 2.45) is 0 Å². The molecule has 0 aliphatic rings. The van der Waals surface area contributed by atoms with Crippen LogP contribution in [0.25, 0.3) is 10.2 Å². The summed E-state index contributed by atoms with van der Waals surface area (Å²) in [4.78, 5) is 42.5. The zero-order valence-electron chi connectivity index (χ0n) is 16.7. The summed E-state index contributed by atoms with van der Waals surface area (Å²) >= 11 is 7.16. The second-order valence-corrected chi connectivity index (χ2v) is 7.96. The van der Waals surface area contributed by atoms with Crippen molar-refractivity contribution >= 4 is 50.7 Å². The molecular formula is C20H20ClN3O5S. The van der Waals surface area contributed by atoms with E-state index in [0.29, 0.717) is 31.4 Å². The van der Waals surface area contributed by atoms with E-state index in [1.54, 1.807) is 25.1 Å². The number of anilines is 1. The smallest absolute Gasteiger partial charge is 0.348 e. The topological polar surface area (TPSA) is 99.5 Å². The van der Waals surface area contributed by atoms with E-state index >= 15 is 0 Å². The number of methoxy groups -OCH3 is 1. The molecule has 3 aromatic rings. The molecule has 0 saturated heterocycles. The zero-order valence-corrected chi connectivity index (χ0v) is 18.2. The minimum Gasteiger partial charge on any atom is -0.459 e. The maximum atomic E-state index is 12.9. The van der Waals surface area contributed by atoms with E-state index in [1.165, 1.54) is 18.0 Å². The molecule has 30 heavy (non-hydrogen) atoms. The molecule has 0 aliphatic heterocycles. The van der Waals surface area contributed by atoms with E-state index in [0.717, 1.165) is 16.9 Å². The van der Waals surface area contributed by atoms with Gasteiger partial charge in [-0.15, -0.1) is 11.3 Å². The van der Waals surface area contributed by atoms with Crippen LogP contribution in [-0.4, -0.2) is 41.8 Å². The lowest BCUT2D eigenvalue weighted by Crippen LogP contribution is -2.27. The molecule has 1 amide bonds. The van der Waals surface area contributed by atoms with Gasteiger partial charge in [-0.2, -0.15) is 0 Å². The highest BCUT2D eigenvalue weighted by Gasteiger charge is 2.21. The number of fused-ring (bicyclic) bond motifs is 1. The Morgan fingerprint density at radius 1 is 1.27 bits per heavy atom. The number of ether oxygens (including phenoxy) is 2. The number of esters is 1. The van der Waals surface area contributed by atoms with Gasteiger partial charge in [0, 0.05) is 17.8 Å². The van der Waals surface area contributed by atoms with E-state index in [9.17, 15) is 14.4 Å². The van der Waals surface area contributed by atoms with Crippen LogP contribution in [0.2, 0.25) is 5.02 Å². The molecule has 10 heteroatoms. The van der Waals surface area contributed by atoms with Gasteiger partial charge in [-0.1, -0.05) is 17.7 Å².